The van der Waals surface area contributed by atoms with Crippen molar-refractivity contribution in [3.8, 4) is 0 Å². The summed E-state index contributed by atoms with van der Waals surface area (Å²) in [6.07, 6.45) is 2.57. The van der Waals surface area contributed by atoms with Crippen LogP contribution in [-0.2, 0) is 4.79 Å². The fourth-order valence-corrected chi connectivity index (χ4v) is 2.07. The molecule has 116 valence electrons. The van der Waals surface area contributed by atoms with Gasteiger partial charge in [-0.05, 0) is 44.4 Å². The number of amides is 1. The number of carbonyl (C=O) groups excluding carboxylic acids is 1. The molecule has 1 rings (SSSR count). The zero-order valence-electron chi connectivity index (χ0n) is 12.8. The first-order valence-corrected chi connectivity index (χ1v) is 7.21. The number of carbonyl (C=O) groups is 2. The Labute approximate surface area is 125 Å². The molecule has 0 radical (unpaired) electrons. The average Bonchev–Trinajstić information content (AvgIpc) is 2.40. The number of nitrogens with one attached hydrogen (secondary N) is 1. The summed E-state index contributed by atoms with van der Waals surface area (Å²) in [5.74, 6) is -1.22. The van der Waals surface area contributed by atoms with E-state index < -0.39 is 5.97 Å². The third-order valence-corrected chi connectivity index (χ3v) is 3.48. The molecule has 2 atom stereocenters. The van der Waals surface area contributed by atoms with E-state index in [0.717, 1.165) is 19.3 Å². The molecule has 0 aromatic heterocycles. The van der Waals surface area contributed by atoms with Crippen molar-refractivity contribution in [3.63, 3.8) is 0 Å². The van der Waals surface area contributed by atoms with Gasteiger partial charge in [0, 0.05) is 17.6 Å². The summed E-state index contributed by atoms with van der Waals surface area (Å²) < 4.78 is 0. The Morgan fingerprint density at radius 2 is 1.95 bits per heavy atom. The minimum absolute atomic E-state index is 0.0973. The Kier molecular flexibility index (Phi) is 6.37. The number of anilines is 1. The SMILES string of the molecule is Cc1ccc(NC(=O)C(C)CCCC(C)N)cc1C(=O)O. The first-order chi connectivity index (χ1) is 9.81. The largest absolute Gasteiger partial charge is 0.478 e. The summed E-state index contributed by atoms with van der Waals surface area (Å²) in [5, 5.41) is 11.8. The van der Waals surface area contributed by atoms with Crippen molar-refractivity contribution in [1.82, 2.24) is 0 Å². The molecule has 0 saturated carbocycles. The van der Waals surface area contributed by atoms with Crippen LogP contribution >= 0.6 is 0 Å². The summed E-state index contributed by atoms with van der Waals surface area (Å²) in [4.78, 5) is 23.1. The molecule has 0 heterocycles. The summed E-state index contributed by atoms with van der Waals surface area (Å²) in [6, 6.07) is 5.05. The second kappa shape index (κ2) is 7.78. The van der Waals surface area contributed by atoms with Gasteiger partial charge < -0.3 is 16.2 Å². The Morgan fingerprint density at radius 3 is 2.52 bits per heavy atom. The Hall–Kier alpha value is -1.88. The van der Waals surface area contributed by atoms with E-state index in [0.29, 0.717) is 11.3 Å². The molecule has 0 saturated heterocycles. The Morgan fingerprint density at radius 1 is 1.29 bits per heavy atom. The highest BCUT2D eigenvalue weighted by atomic mass is 16.4. The fraction of sp³-hybridized carbons (Fsp3) is 0.500. The first kappa shape index (κ1) is 17.2. The summed E-state index contributed by atoms with van der Waals surface area (Å²) in [6.45, 7) is 5.54. The smallest absolute Gasteiger partial charge is 0.336 e. The standard InChI is InChI=1S/C16H24N2O3/c1-10-7-8-13(9-14(10)16(20)21)18-15(19)11(2)5-4-6-12(3)17/h7-9,11-12H,4-6,17H2,1-3H3,(H,18,19)(H,20,21). The van der Waals surface area contributed by atoms with Gasteiger partial charge in [-0.1, -0.05) is 19.4 Å². The number of carboxylic acid groups (broad SMARTS) is 1. The lowest BCUT2D eigenvalue weighted by Crippen LogP contribution is -2.21. The van der Waals surface area contributed by atoms with Gasteiger partial charge >= 0.3 is 5.97 Å². The third kappa shape index (κ3) is 5.55. The molecule has 21 heavy (non-hydrogen) atoms. The van der Waals surface area contributed by atoms with Crippen LogP contribution in [0, 0.1) is 12.8 Å². The van der Waals surface area contributed by atoms with E-state index in [1.165, 1.54) is 6.07 Å². The van der Waals surface area contributed by atoms with Crippen molar-refractivity contribution >= 4 is 17.6 Å². The zero-order valence-corrected chi connectivity index (χ0v) is 12.8. The number of hydrogen-bond acceptors (Lipinski definition) is 3. The normalized spacial score (nSPS) is 13.5. The Bertz CT molecular complexity index is 512. The van der Waals surface area contributed by atoms with Crippen molar-refractivity contribution in [2.45, 2.75) is 46.1 Å². The molecular formula is C16H24N2O3. The maximum absolute atomic E-state index is 12.1. The monoisotopic (exact) mass is 292 g/mol. The van der Waals surface area contributed by atoms with Crippen molar-refractivity contribution in [1.29, 1.82) is 0 Å². The highest BCUT2D eigenvalue weighted by Crippen LogP contribution is 2.17. The van der Waals surface area contributed by atoms with Gasteiger partial charge in [0.05, 0.1) is 5.56 Å². The van der Waals surface area contributed by atoms with E-state index in [1.54, 1.807) is 19.1 Å². The first-order valence-electron chi connectivity index (χ1n) is 7.21. The average molecular weight is 292 g/mol. The van der Waals surface area contributed by atoms with E-state index in [-0.39, 0.29) is 23.4 Å². The molecule has 0 spiro atoms. The molecule has 2 unspecified atom stereocenters. The molecule has 1 aromatic carbocycles. The number of aromatic carboxylic acids is 1. The number of carboxylic acids is 1. The lowest BCUT2D eigenvalue weighted by atomic mass is 10.0. The molecule has 5 heteroatoms. The molecule has 4 N–H and O–H groups in total. The summed E-state index contributed by atoms with van der Waals surface area (Å²) in [5.41, 5.74) is 7.07. The molecule has 1 amide bonds. The van der Waals surface area contributed by atoms with Crippen LogP contribution in [0.3, 0.4) is 0 Å². The highest BCUT2D eigenvalue weighted by molar-refractivity contribution is 5.95. The summed E-state index contributed by atoms with van der Waals surface area (Å²) >= 11 is 0. The van der Waals surface area contributed by atoms with Gasteiger partial charge in [-0.15, -0.1) is 0 Å². The maximum atomic E-state index is 12.1. The van der Waals surface area contributed by atoms with Crippen molar-refractivity contribution in [2.75, 3.05) is 5.32 Å². The minimum atomic E-state index is -0.992. The number of hydrogen-bond donors (Lipinski definition) is 3. The molecule has 1 aromatic rings. The van der Waals surface area contributed by atoms with Crippen LogP contribution in [0.25, 0.3) is 0 Å². The van der Waals surface area contributed by atoms with Crippen LogP contribution in [0.15, 0.2) is 18.2 Å². The lowest BCUT2D eigenvalue weighted by Gasteiger charge is -2.13. The zero-order chi connectivity index (χ0) is 16.0. The molecule has 5 nitrogen and oxygen atoms in total. The van der Waals surface area contributed by atoms with Crippen LogP contribution in [0.5, 0.6) is 0 Å². The topological polar surface area (TPSA) is 92.4 Å². The Balaban J connectivity index is 2.62. The summed E-state index contributed by atoms with van der Waals surface area (Å²) in [7, 11) is 0. The number of aryl methyl sites for hydroxylation is 1. The second-order valence-electron chi connectivity index (χ2n) is 5.63. The van der Waals surface area contributed by atoms with E-state index >= 15 is 0 Å². The van der Waals surface area contributed by atoms with Gasteiger partial charge in [0.2, 0.25) is 5.91 Å². The fourth-order valence-electron chi connectivity index (χ4n) is 2.07. The predicted octanol–water partition coefficient (Wildman–Crippen LogP) is 2.79. The third-order valence-electron chi connectivity index (χ3n) is 3.48. The minimum Gasteiger partial charge on any atom is -0.478 e. The number of rotatable bonds is 7. The van der Waals surface area contributed by atoms with E-state index in [4.69, 9.17) is 10.8 Å². The highest BCUT2D eigenvalue weighted by Gasteiger charge is 2.14. The van der Waals surface area contributed by atoms with Crippen molar-refractivity contribution < 1.29 is 14.7 Å². The van der Waals surface area contributed by atoms with E-state index in [9.17, 15) is 9.59 Å². The van der Waals surface area contributed by atoms with Crippen LogP contribution in [0.2, 0.25) is 0 Å². The second-order valence-corrected chi connectivity index (χ2v) is 5.63. The van der Waals surface area contributed by atoms with Crippen LogP contribution in [0.1, 0.15) is 49.0 Å². The number of benzene rings is 1. The van der Waals surface area contributed by atoms with Gasteiger partial charge in [0.1, 0.15) is 0 Å². The van der Waals surface area contributed by atoms with Gasteiger partial charge in [-0.25, -0.2) is 4.79 Å². The molecule has 0 aliphatic heterocycles. The molecule has 0 aliphatic carbocycles. The lowest BCUT2D eigenvalue weighted by molar-refractivity contribution is -0.119. The molecule has 0 aliphatic rings. The predicted molar refractivity (Wildman–Crippen MR) is 83.4 cm³/mol. The van der Waals surface area contributed by atoms with Gasteiger partial charge in [-0.3, -0.25) is 4.79 Å². The molecular weight excluding hydrogens is 268 g/mol. The van der Waals surface area contributed by atoms with Gasteiger partial charge in [0.15, 0.2) is 0 Å². The van der Waals surface area contributed by atoms with Crippen LogP contribution in [-0.4, -0.2) is 23.0 Å². The van der Waals surface area contributed by atoms with Crippen molar-refractivity contribution in [2.24, 2.45) is 11.7 Å². The van der Waals surface area contributed by atoms with Crippen molar-refractivity contribution in [3.05, 3.63) is 29.3 Å². The quantitative estimate of drug-likeness (QED) is 0.720. The van der Waals surface area contributed by atoms with Gasteiger partial charge in [-0.2, -0.15) is 0 Å². The van der Waals surface area contributed by atoms with E-state index in [1.807, 2.05) is 13.8 Å². The van der Waals surface area contributed by atoms with E-state index in [2.05, 4.69) is 5.32 Å². The molecule has 0 bridgehead atoms. The number of nitrogens with two attached hydrogens (primary N) is 1. The maximum Gasteiger partial charge on any atom is 0.336 e. The van der Waals surface area contributed by atoms with Crippen LogP contribution < -0.4 is 11.1 Å². The van der Waals surface area contributed by atoms with Gasteiger partial charge in [0.25, 0.3) is 0 Å². The molecule has 0 fully saturated rings. The van der Waals surface area contributed by atoms with Crippen LogP contribution in [0.4, 0.5) is 5.69 Å².